The maximum atomic E-state index is 11.3. The molecule has 1 amide bonds. The van der Waals surface area contributed by atoms with E-state index in [0.717, 1.165) is 19.5 Å². The number of methoxy groups -OCH3 is 1. The second-order valence-electron chi connectivity index (χ2n) is 3.57. The predicted octanol–water partition coefficient (Wildman–Crippen LogP) is 0.872. The van der Waals surface area contributed by atoms with Gasteiger partial charge in [0.1, 0.15) is 0 Å². The van der Waals surface area contributed by atoms with Gasteiger partial charge >= 0.3 is 0 Å². The van der Waals surface area contributed by atoms with Crippen molar-refractivity contribution in [3.05, 3.63) is 0 Å². The molecule has 0 fully saturated rings. The summed E-state index contributed by atoms with van der Waals surface area (Å²) in [6, 6.07) is 0. The Labute approximate surface area is 103 Å². The summed E-state index contributed by atoms with van der Waals surface area (Å²) in [7, 11) is 1.65. The molecule has 0 aliphatic carbocycles. The van der Waals surface area contributed by atoms with E-state index in [1.54, 1.807) is 7.11 Å². The molecule has 0 aromatic rings. The standard InChI is InChI=1S/C11H24N2O2S/c1-15-8-7-12-10-11(14)13-6-4-3-5-9-16-2/h12H,3-10H2,1-2H3,(H,13,14). The number of hydrogen-bond acceptors (Lipinski definition) is 4. The molecule has 0 aromatic carbocycles. The second-order valence-corrected chi connectivity index (χ2v) is 4.56. The maximum Gasteiger partial charge on any atom is 0.233 e. The first-order valence-corrected chi connectivity index (χ1v) is 7.16. The number of amides is 1. The number of rotatable bonds is 11. The molecule has 0 heterocycles. The van der Waals surface area contributed by atoms with E-state index in [9.17, 15) is 4.79 Å². The fourth-order valence-corrected chi connectivity index (χ4v) is 1.71. The van der Waals surface area contributed by atoms with Crippen LogP contribution in [0.1, 0.15) is 19.3 Å². The minimum absolute atomic E-state index is 0.0703. The van der Waals surface area contributed by atoms with Crippen LogP contribution < -0.4 is 10.6 Å². The monoisotopic (exact) mass is 248 g/mol. The van der Waals surface area contributed by atoms with Gasteiger partial charge in [-0.2, -0.15) is 11.8 Å². The van der Waals surface area contributed by atoms with E-state index in [0.29, 0.717) is 13.2 Å². The van der Waals surface area contributed by atoms with Gasteiger partial charge in [0, 0.05) is 20.2 Å². The molecule has 0 rings (SSSR count). The van der Waals surface area contributed by atoms with Crippen LogP contribution in [0.5, 0.6) is 0 Å². The van der Waals surface area contributed by atoms with Crippen molar-refractivity contribution < 1.29 is 9.53 Å². The molecule has 0 saturated heterocycles. The minimum Gasteiger partial charge on any atom is -0.383 e. The van der Waals surface area contributed by atoms with Crippen molar-refractivity contribution in [3.8, 4) is 0 Å². The summed E-state index contributed by atoms with van der Waals surface area (Å²) in [6.45, 7) is 2.53. The Morgan fingerprint density at radius 3 is 2.75 bits per heavy atom. The first-order valence-electron chi connectivity index (χ1n) is 5.76. The van der Waals surface area contributed by atoms with Gasteiger partial charge in [-0.15, -0.1) is 0 Å². The van der Waals surface area contributed by atoms with E-state index in [1.807, 2.05) is 11.8 Å². The lowest BCUT2D eigenvalue weighted by Crippen LogP contribution is -2.35. The molecular weight excluding hydrogens is 224 g/mol. The topological polar surface area (TPSA) is 50.4 Å². The van der Waals surface area contributed by atoms with E-state index in [-0.39, 0.29) is 5.91 Å². The van der Waals surface area contributed by atoms with Crippen LogP contribution in [0.15, 0.2) is 0 Å². The van der Waals surface area contributed by atoms with Crippen molar-refractivity contribution in [2.75, 3.05) is 45.4 Å². The number of unbranched alkanes of at least 4 members (excludes halogenated alkanes) is 2. The summed E-state index contributed by atoms with van der Waals surface area (Å²) in [4.78, 5) is 11.3. The molecule has 0 aliphatic heterocycles. The Balaban J connectivity index is 3.11. The highest BCUT2D eigenvalue weighted by Crippen LogP contribution is 2.00. The average molecular weight is 248 g/mol. The predicted molar refractivity (Wildman–Crippen MR) is 70.0 cm³/mol. The Hall–Kier alpha value is -0.260. The summed E-state index contributed by atoms with van der Waals surface area (Å²) < 4.78 is 4.86. The smallest absolute Gasteiger partial charge is 0.233 e. The number of hydrogen-bond donors (Lipinski definition) is 2. The lowest BCUT2D eigenvalue weighted by molar-refractivity contribution is -0.120. The Bertz CT molecular complexity index is 168. The van der Waals surface area contributed by atoms with E-state index < -0.39 is 0 Å². The quantitative estimate of drug-likeness (QED) is 0.533. The van der Waals surface area contributed by atoms with Crippen LogP contribution in [0.25, 0.3) is 0 Å². The molecule has 96 valence electrons. The van der Waals surface area contributed by atoms with Gasteiger partial charge in [0.15, 0.2) is 0 Å². The van der Waals surface area contributed by atoms with E-state index >= 15 is 0 Å². The van der Waals surface area contributed by atoms with Crippen LogP contribution >= 0.6 is 11.8 Å². The van der Waals surface area contributed by atoms with E-state index in [4.69, 9.17) is 4.74 Å². The number of carbonyl (C=O) groups is 1. The third-order valence-corrected chi connectivity index (χ3v) is 2.81. The molecule has 0 radical (unpaired) electrons. The normalized spacial score (nSPS) is 10.4. The highest BCUT2D eigenvalue weighted by Gasteiger charge is 1.98. The zero-order chi connectivity index (χ0) is 12.1. The van der Waals surface area contributed by atoms with Gasteiger partial charge in [-0.1, -0.05) is 6.42 Å². The van der Waals surface area contributed by atoms with Gasteiger partial charge in [-0.3, -0.25) is 4.79 Å². The molecule has 5 heteroatoms. The van der Waals surface area contributed by atoms with Crippen molar-refractivity contribution in [1.29, 1.82) is 0 Å². The van der Waals surface area contributed by atoms with Gasteiger partial charge in [0.05, 0.1) is 13.2 Å². The van der Waals surface area contributed by atoms with Crippen molar-refractivity contribution in [2.45, 2.75) is 19.3 Å². The van der Waals surface area contributed by atoms with Crippen LogP contribution in [0, 0.1) is 0 Å². The maximum absolute atomic E-state index is 11.3. The molecule has 0 unspecified atom stereocenters. The molecule has 4 nitrogen and oxygen atoms in total. The SMILES string of the molecule is COCCNCC(=O)NCCCCCSC. The molecule has 0 aliphatic rings. The Kier molecular flexibility index (Phi) is 12.6. The molecular formula is C11H24N2O2S. The summed E-state index contributed by atoms with van der Waals surface area (Å²) in [5, 5.41) is 5.89. The summed E-state index contributed by atoms with van der Waals surface area (Å²) in [6.07, 6.45) is 5.62. The van der Waals surface area contributed by atoms with Gasteiger partial charge in [0.2, 0.25) is 5.91 Å². The van der Waals surface area contributed by atoms with Crippen LogP contribution in [0.3, 0.4) is 0 Å². The van der Waals surface area contributed by atoms with Crippen molar-refractivity contribution >= 4 is 17.7 Å². The lowest BCUT2D eigenvalue weighted by atomic mass is 10.2. The van der Waals surface area contributed by atoms with Gasteiger partial charge in [-0.05, 0) is 24.9 Å². The highest BCUT2D eigenvalue weighted by molar-refractivity contribution is 7.98. The first-order chi connectivity index (χ1) is 7.81. The number of carbonyl (C=O) groups excluding carboxylic acids is 1. The molecule has 0 spiro atoms. The largest absolute Gasteiger partial charge is 0.383 e. The zero-order valence-corrected chi connectivity index (χ0v) is 11.2. The Morgan fingerprint density at radius 1 is 1.25 bits per heavy atom. The number of nitrogens with one attached hydrogen (secondary N) is 2. The van der Waals surface area contributed by atoms with Gasteiger partial charge in [0.25, 0.3) is 0 Å². The molecule has 0 aromatic heterocycles. The highest BCUT2D eigenvalue weighted by atomic mass is 32.2. The van der Waals surface area contributed by atoms with Gasteiger partial charge in [-0.25, -0.2) is 0 Å². The summed E-state index contributed by atoms with van der Waals surface area (Å²) in [5.74, 6) is 1.29. The molecule has 16 heavy (non-hydrogen) atoms. The minimum atomic E-state index is 0.0703. The third-order valence-electron chi connectivity index (χ3n) is 2.12. The molecule has 2 N–H and O–H groups in total. The zero-order valence-electron chi connectivity index (χ0n) is 10.4. The average Bonchev–Trinajstić information content (AvgIpc) is 2.29. The van der Waals surface area contributed by atoms with Crippen molar-refractivity contribution in [1.82, 2.24) is 10.6 Å². The van der Waals surface area contributed by atoms with Crippen LogP contribution in [-0.2, 0) is 9.53 Å². The van der Waals surface area contributed by atoms with E-state index in [2.05, 4.69) is 16.9 Å². The third kappa shape index (κ3) is 11.8. The van der Waals surface area contributed by atoms with Crippen LogP contribution in [-0.4, -0.2) is 51.3 Å². The summed E-state index contributed by atoms with van der Waals surface area (Å²) in [5.41, 5.74) is 0. The van der Waals surface area contributed by atoms with E-state index in [1.165, 1.54) is 18.6 Å². The fourth-order valence-electron chi connectivity index (χ4n) is 1.21. The number of ether oxygens (including phenoxy) is 1. The lowest BCUT2D eigenvalue weighted by Gasteiger charge is -2.06. The van der Waals surface area contributed by atoms with Crippen LogP contribution in [0.4, 0.5) is 0 Å². The van der Waals surface area contributed by atoms with Gasteiger partial charge < -0.3 is 15.4 Å². The summed E-state index contributed by atoms with van der Waals surface area (Å²) >= 11 is 1.87. The van der Waals surface area contributed by atoms with Crippen molar-refractivity contribution in [2.24, 2.45) is 0 Å². The van der Waals surface area contributed by atoms with Crippen LogP contribution in [0.2, 0.25) is 0 Å². The first kappa shape index (κ1) is 15.7. The molecule has 0 atom stereocenters. The fraction of sp³-hybridized carbons (Fsp3) is 0.909. The molecule has 0 saturated carbocycles. The molecule has 0 bridgehead atoms. The van der Waals surface area contributed by atoms with Crippen molar-refractivity contribution in [3.63, 3.8) is 0 Å². The second kappa shape index (κ2) is 12.8. The number of thioether (sulfide) groups is 1. The Morgan fingerprint density at radius 2 is 2.06 bits per heavy atom.